The second-order valence-corrected chi connectivity index (χ2v) is 5.10. The van der Waals surface area contributed by atoms with E-state index < -0.39 is 0 Å². The molecule has 2 heterocycles. The van der Waals surface area contributed by atoms with E-state index in [9.17, 15) is 0 Å². The lowest BCUT2D eigenvalue weighted by Gasteiger charge is -2.15. The summed E-state index contributed by atoms with van der Waals surface area (Å²) in [5, 5.41) is 1.27. The summed E-state index contributed by atoms with van der Waals surface area (Å²) in [6.45, 7) is 7.13. The van der Waals surface area contributed by atoms with Gasteiger partial charge in [-0.2, -0.15) is 0 Å². The van der Waals surface area contributed by atoms with Gasteiger partial charge in [0.05, 0.1) is 22.2 Å². The van der Waals surface area contributed by atoms with Crippen LogP contribution in [0.2, 0.25) is 0 Å². The lowest BCUT2D eigenvalue weighted by atomic mass is 10.1. The van der Waals surface area contributed by atoms with E-state index in [-0.39, 0.29) is 5.60 Å². The Labute approximate surface area is 83.0 Å². The molecule has 13 heavy (non-hydrogen) atoms. The second-order valence-electron chi connectivity index (χ2n) is 3.93. The standard InChI is InChI=1S/C10H15NOS/c1-4-5-8-11-9-7(13-8)6-12-10(9,2)3/h4-6H2,1-3H3. The lowest BCUT2D eigenvalue weighted by Crippen LogP contribution is -2.15. The molecule has 0 saturated heterocycles. The van der Waals surface area contributed by atoms with Crippen LogP contribution >= 0.6 is 11.3 Å². The van der Waals surface area contributed by atoms with Gasteiger partial charge in [-0.25, -0.2) is 4.98 Å². The van der Waals surface area contributed by atoms with Crippen molar-refractivity contribution in [1.29, 1.82) is 0 Å². The maximum Gasteiger partial charge on any atom is 0.106 e. The Hall–Kier alpha value is -0.410. The fourth-order valence-corrected chi connectivity index (χ4v) is 2.84. The van der Waals surface area contributed by atoms with Crippen molar-refractivity contribution >= 4 is 11.3 Å². The number of aryl methyl sites for hydroxylation is 1. The molecule has 0 radical (unpaired) electrons. The fraction of sp³-hybridized carbons (Fsp3) is 0.700. The Balaban J connectivity index is 2.31. The number of hydrogen-bond donors (Lipinski definition) is 0. The van der Waals surface area contributed by atoms with Crippen molar-refractivity contribution in [3.63, 3.8) is 0 Å². The van der Waals surface area contributed by atoms with Gasteiger partial charge >= 0.3 is 0 Å². The number of ether oxygens (including phenoxy) is 1. The van der Waals surface area contributed by atoms with Crippen LogP contribution in [0.3, 0.4) is 0 Å². The number of nitrogens with zero attached hydrogens (tertiary/aromatic N) is 1. The minimum Gasteiger partial charge on any atom is -0.364 e. The number of fused-ring (bicyclic) bond motifs is 1. The summed E-state index contributed by atoms with van der Waals surface area (Å²) in [6, 6.07) is 0. The van der Waals surface area contributed by atoms with E-state index in [4.69, 9.17) is 4.74 Å². The molecule has 0 aromatic carbocycles. The maximum absolute atomic E-state index is 5.63. The van der Waals surface area contributed by atoms with E-state index in [1.807, 2.05) is 11.3 Å². The molecule has 0 atom stereocenters. The van der Waals surface area contributed by atoms with Gasteiger partial charge in [0.15, 0.2) is 0 Å². The van der Waals surface area contributed by atoms with Crippen LogP contribution in [0.4, 0.5) is 0 Å². The molecule has 0 amide bonds. The molecule has 2 rings (SSSR count). The molecule has 0 spiro atoms. The molecule has 2 nitrogen and oxygen atoms in total. The van der Waals surface area contributed by atoms with Gasteiger partial charge in [-0.1, -0.05) is 6.92 Å². The van der Waals surface area contributed by atoms with Crippen molar-refractivity contribution in [2.75, 3.05) is 0 Å². The van der Waals surface area contributed by atoms with Crippen molar-refractivity contribution in [2.45, 2.75) is 45.8 Å². The molecular formula is C10H15NOS. The highest BCUT2D eigenvalue weighted by atomic mass is 32.1. The van der Waals surface area contributed by atoms with Crippen LogP contribution in [-0.4, -0.2) is 4.98 Å². The first-order valence-corrected chi connectivity index (χ1v) is 5.58. The highest BCUT2D eigenvalue weighted by Gasteiger charge is 2.34. The Kier molecular flexibility index (Phi) is 2.16. The maximum atomic E-state index is 5.63. The molecule has 0 unspecified atom stereocenters. The van der Waals surface area contributed by atoms with Crippen molar-refractivity contribution in [2.24, 2.45) is 0 Å². The third kappa shape index (κ3) is 1.51. The summed E-state index contributed by atoms with van der Waals surface area (Å²) in [7, 11) is 0. The van der Waals surface area contributed by atoms with E-state index in [0.717, 1.165) is 13.0 Å². The van der Waals surface area contributed by atoms with Crippen molar-refractivity contribution in [3.8, 4) is 0 Å². The SMILES string of the molecule is CCCc1nc2c(s1)COC2(C)C. The Morgan fingerprint density at radius 3 is 2.92 bits per heavy atom. The summed E-state index contributed by atoms with van der Waals surface area (Å²) in [6.07, 6.45) is 2.28. The number of aromatic nitrogens is 1. The van der Waals surface area contributed by atoms with Gasteiger partial charge in [0.2, 0.25) is 0 Å². The third-order valence-electron chi connectivity index (χ3n) is 2.34. The van der Waals surface area contributed by atoms with Gasteiger partial charge in [-0.15, -0.1) is 11.3 Å². The quantitative estimate of drug-likeness (QED) is 0.727. The monoisotopic (exact) mass is 197 g/mol. The van der Waals surface area contributed by atoms with E-state index in [0.29, 0.717) is 0 Å². The zero-order valence-corrected chi connectivity index (χ0v) is 9.20. The molecular weight excluding hydrogens is 182 g/mol. The van der Waals surface area contributed by atoms with Crippen LogP contribution in [0.1, 0.15) is 42.8 Å². The van der Waals surface area contributed by atoms with Crippen LogP contribution in [0, 0.1) is 0 Å². The van der Waals surface area contributed by atoms with Crippen LogP contribution in [0.25, 0.3) is 0 Å². The first kappa shape index (κ1) is 9.16. The molecule has 1 aliphatic rings. The normalized spacial score (nSPS) is 19.0. The highest BCUT2D eigenvalue weighted by Crippen LogP contribution is 2.38. The molecule has 1 aromatic heterocycles. The summed E-state index contributed by atoms with van der Waals surface area (Å²) in [5.41, 5.74) is 1.01. The molecule has 0 bridgehead atoms. The Morgan fingerprint density at radius 2 is 2.31 bits per heavy atom. The van der Waals surface area contributed by atoms with E-state index in [1.54, 1.807) is 0 Å². The molecule has 0 saturated carbocycles. The van der Waals surface area contributed by atoms with Gasteiger partial charge in [-0.3, -0.25) is 0 Å². The lowest BCUT2D eigenvalue weighted by molar-refractivity contribution is -0.00999. The summed E-state index contributed by atoms with van der Waals surface area (Å²) < 4.78 is 5.63. The average molecular weight is 197 g/mol. The Morgan fingerprint density at radius 1 is 1.54 bits per heavy atom. The minimum absolute atomic E-state index is 0.155. The van der Waals surface area contributed by atoms with Gasteiger partial charge in [0.25, 0.3) is 0 Å². The zero-order valence-electron chi connectivity index (χ0n) is 8.39. The van der Waals surface area contributed by atoms with Crippen LogP contribution < -0.4 is 0 Å². The topological polar surface area (TPSA) is 22.1 Å². The zero-order chi connectivity index (χ0) is 9.47. The van der Waals surface area contributed by atoms with Gasteiger partial charge < -0.3 is 4.74 Å². The average Bonchev–Trinajstić information content (AvgIpc) is 2.55. The molecule has 0 aliphatic carbocycles. The molecule has 1 aliphatic heterocycles. The van der Waals surface area contributed by atoms with Crippen molar-refractivity contribution < 1.29 is 4.74 Å². The fourth-order valence-electron chi connectivity index (χ4n) is 1.60. The number of thiazole rings is 1. The smallest absolute Gasteiger partial charge is 0.106 e. The first-order chi connectivity index (χ1) is 6.13. The molecule has 3 heteroatoms. The molecule has 0 N–H and O–H groups in total. The summed E-state index contributed by atoms with van der Waals surface area (Å²) in [4.78, 5) is 5.95. The minimum atomic E-state index is -0.155. The van der Waals surface area contributed by atoms with E-state index in [2.05, 4.69) is 25.8 Å². The highest BCUT2D eigenvalue weighted by molar-refractivity contribution is 7.11. The van der Waals surface area contributed by atoms with E-state index >= 15 is 0 Å². The van der Waals surface area contributed by atoms with Crippen LogP contribution in [0.5, 0.6) is 0 Å². The number of hydrogen-bond acceptors (Lipinski definition) is 3. The molecule has 0 fully saturated rings. The third-order valence-corrected chi connectivity index (χ3v) is 3.43. The first-order valence-electron chi connectivity index (χ1n) is 4.76. The second kappa shape index (κ2) is 3.07. The number of rotatable bonds is 2. The van der Waals surface area contributed by atoms with Gasteiger partial charge in [-0.05, 0) is 26.7 Å². The van der Waals surface area contributed by atoms with Gasteiger partial charge in [0, 0.05) is 0 Å². The summed E-state index contributed by atoms with van der Waals surface area (Å²) in [5.74, 6) is 0. The van der Waals surface area contributed by atoms with Crippen molar-refractivity contribution in [1.82, 2.24) is 4.98 Å². The Bertz CT molecular complexity index is 317. The summed E-state index contributed by atoms with van der Waals surface area (Å²) >= 11 is 1.81. The van der Waals surface area contributed by atoms with Crippen LogP contribution in [0.15, 0.2) is 0 Å². The van der Waals surface area contributed by atoms with E-state index in [1.165, 1.54) is 22.0 Å². The van der Waals surface area contributed by atoms with Crippen LogP contribution in [-0.2, 0) is 23.4 Å². The molecule has 72 valence electrons. The largest absolute Gasteiger partial charge is 0.364 e. The predicted octanol–water partition coefficient (Wildman–Crippen LogP) is 2.86. The van der Waals surface area contributed by atoms with Crippen molar-refractivity contribution in [3.05, 3.63) is 15.6 Å². The molecule has 1 aromatic rings. The predicted molar refractivity (Wildman–Crippen MR) is 53.9 cm³/mol. The van der Waals surface area contributed by atoms with Gasteiger partial charge in [0.1, 0.15) is 5.60 Å².